The van der Waals surface area contributed by atoms with Gasteiger partial charge in [0.15, 0.2) is 5.82 Å². The summed E-state index contributed by atoms with van der Waals surface area (Å²) in [6.07, 6.45) is 0.359. The first-order chi connectivity index (χ1) is 10.6. The Morgan fingerprint density at radius 1 is 1.32 bits per heavy atom. The summed E-state index contributed by atoms with van der Waals surface area (Å²) in [6, 6.07) is 5.72. The number of carbonyl (C=O) groups excluding carboxylic acids is 1. The molecule has 4 rings (SSSR count). The minimum absolute atomic E-state index is 0.0484. The summed E-state index contributed by atoms with van der Waals surface area (Å²) in [4.78, 5) is 12.0. The standard InChI is InChI=1S/C15H15N5O2/c1-7(2)13-12-9(6-11(21)16-15(12)18-17-13)8-4-3-5-10-14(8)20-22-19-10/h3-5,7,9H,6H2,1-2H3,(H2,16,17,18,21)/t9-/m1/s1. The van der Waals surface area contributed by atoms with Crippen molar-refractivity contribution in [2.45, 2.75) is 32.1 Å². The minimum atomic E-state index is -0.101. The summed E-state index contributed by atoms with van der Waals surface area (Å²) in [5.41, 5.74) is 4.40. The Labute approximate surface area is 126 Å². The minimum Gasteiger partial charge on any atom is -0.309 e. The molecule has 0 unspecified atom stereocenters. The van der Waals surface area contributed by atoms with Crippen molar-refractivity contribution < 1.29 is 9.42 Å². The van der Waals surface area contributed by atoms with Gasteiger partial charge in [-0.25, -0.2) is 4.63 Å². The molecular weight excluding hydrogens is 282 g/mol. The zero-order valence-corrected chi connectivity index (χ0v) is 12.3. The molecule has 3 heterocycles. The topological polar surface area (TPSA) is 96.7 Å². The average Bonchev–Trinajstić information content (AvgIpc) is 3.11. The van der Waals surface area contributed by atoms with Gasteiger partial charge in [-0.3, -0.25) is 9.89 Å². The van der Waals surface area contributed by atoms with Crippen LogP contribution >= 0.6 is 0 Å². The maximum Gasteiger partial charge on any atom is 0.226 e. The van der Waals surface area contributed by atoms with Gasteiger partial charge in [0.2, 0.25) is 5.91 Å². The molecule has 1 aliphatic rings. The van der Waals surface area contributed by atoms with Crippen LogP contribution in [0.1, 0.15) is 48.9 Å². The van der Waals surface area contributed by atoms with Crippen LogP contribution in [0.3, 0.4) is 0 Å². The van der Waals surface area contributed by atoms with Crippen LogP contribution in [-0.4, -0.2) is 26.4 Å². The van der Waals surface area contributed by atoms with E-state index in [0.29, 0.717) is 23.3 Å². The highest BCUT2D eigenvalue weighted by molar-refractivity contribution is 5.95. The molecular formula is C15H15N5O2. The molecule has 0 saturated heterocycles. The second-order valence-electron chi connectivity index (χ2n) is 5.84. The molecule has 0 aliphatic carbocycles. The third kappa shape index (κ3) is 1.82. The fourth-order valence-corrected chi connectivity index (χ4v) is 3.10. The van der Waals surface area contributed by atoms with Crippen LogP contribution in [0.25, 0.3) is 11.0 Å². The lowest BCUT2D eigenvalue weighted by Crippen LogP contribution is -2.24. The van der Waals surface area contributed by atoms with Crippen LogP contribution in [0.15, 0.2) is 22.8 Å². The first-order valence-electron chi connectivity index (χ1n) is 7.24. The Bertz CT molecular complexity index is 864. The third-order valence-corrected chi connectivity index (χ3v) is 4.10. The number of nitrogens with one attached hydrogen (secondary N) is 2. The molecule has 3 aromatic rings. The van der Waals surface area contributed by atoms with Crippen molar-refractivity contribution in [2.24, 2.45) is 0 Å². The number of hydrogen-bond donors (Lipinski definition) is 2. The second-order valence-corrected chi connectivity index (χ2v) is 5.84. The van der Waals surface area contributed by atoms with Crippen LogP contribution in [0.2, 0.25) is 0 Å². The molecule has 0 saturated carbocycles. The van der Waals surface area contributed by atoms with Gasteiger partial charge in [-0.15, -0.1) is 0 Å². The van der Waals surface area contributed by atoms with Crippen molar-refractivity contribution in [3.05, 3.63) is 35.0 Å². The zero-order valence-electron chi connectivity index (χ0n) is 12.3. The van der Waals surface area contributed by atoms with Crippen LogP contribution in [0, 0.1) is 0 Å². The molecule has 7 heteroatoms. The van der Waals surface area contributed by atoms with E-state index in [-0.39, 0.29) is 17.7 Å². The number of nitrogens with zero attached hydrogens (tertiary/aromatic N) is 3. The molecule has 1 amide bonds. The van der Waals surface area contributed by atoms with Crippen molar-refractivity contribution >= 4 is 22.8 Å². The second kappa shape index (κ2) is 4.66. The number of fused-ring (bicyclic) bond motifs is 2. The highest BCUT2D eigenvalue weighted by atomic mass is 16.6. The summed E-state index contributed by atoms with van der Waals surface area (Å²) in [7, 11) is 0. The maximum absolute atomic E-state index is 12.0. The predicted octanol–water partition coefficient (Wildman–Crippen LogP) is 2.54. The summed E-state index contributed by atoms with van der Waals surface area (Å²) in [5.74, 6) is 0.741. The molecule has 1 atom stereocenters. The van der Waals surface area contributed by atoms with Gasteiger partial charge < -0.3 is 5.32 Å². The van der Waals surface area contributed by atoms with E-state index in [1.54, 1.807) is 0 Å². The smallest absolute Gasteiger partial charge is 0.226 e. The zero-order chi connectivity index (χ0) is 15.3. The van der Waals surface area contributed by atoms with Crippen molar-refractivity contribution in [3.63, 3.8) is 0 Å². The van der Waals surface area contributed by atoms with E-state index in [2.05, 4.69) is 39.7 Å². The number of H-pyrrole nitrogens is 1. The molecule has 0 radical (unpaired) electrons. The van der Waals surface area contributed by atoms with E-state index >= 15 is 0 Å². The Morgan fingerprint density at radius 2 is 2.18 bits per heavy atom. The normalized spacial score (nSPS) is 17.8. The van der Waals surface area contributed by atoms with Crippen LogP contribution in [0.4, 0.5) is 5.82 Å². The van der Waals surface area contributed by atoms with Gasteiger partial charge in [-0.05, 0) is 27.9 Å². The third-order valence-electron chi connectivity index (χ3n) is 4.10. The number of hydrogen-bond acceptors (Lipinski definition) is 5. The number of anilines is 1. The lowest BCUT2D eigenvalue weighted by molar-refractivity contribution is -0.116. The Hall–Kier alpha value is -2.70. The van der Waals surface area contributed by atoms with Gasteiger partial charge in [0.1, 0.15) is 11.0 Å². The molecule has 7 nitrogen and oxygen atoms in total. The number of rotatable bonds is 2. The molecule has 1 aliphatic heterocycles. The predicted molar refractivity (Wildman–Crippen MR) is 79.6 cm³/mol. The summed E-state index contributed by atoms with van der Waals surface area (Å²) in [6.45, 7) is 4.19. The lowest BCUT2D eigenvalue weighted by atomic mass is 9.83. The van der Waals surface area contributed by atoms with Crippen LogP contribution in [0.5, 0.6) is 0 Å². The highest BCUT2D eigenvalue weighted by Crippen LogP contribution is 2.41. The molecule has 2 aromatic heterocycles. The fraction of sp³-hybridized carbons (Fsp3) is 0.333. The molecule has 0 spiro atoms. The molecule has 22 heavy (non-hydrogen) atoms. The van der Waals surface area contributed by atoms with Gasteiger partial charge in [0, 0.05) is 23.6 Å². The number of benzene rings is 1. The van der Waals surface area contributed by atoms with Gasteiger partial charge >= 0.3 is 0 Å². The first-order valence-corrected chi connectivity index (χ1v) is 7.24. The average molecular weight is 297 g/mol. The monoisotopic (exact) mass is 297 g/mol. The van der Waals surface area contributed by atoms with Gasteiger partial charge in [0.05, 0.1) is 0 Å². The summed E-state index contributed by atoms with van der Waals surface area (Å²) < 4.78 is 4.85. The van der Waals surface area contributed by atoms with Crippen molar-refractivity contribution in [3.8, 4) is 0 Å². The first kappa shape index (κ1) is 13.0. The number of amides is 1. The SMILES string of the molecule is CC(C)c1[nH]nc2c1[C@@H](c1cccc3nonc13)CC(=O)N2. The highest BCUT2D eigenvalue weighted by Gasteiger charge is 2.33. The lowest BCUT2D eigenvalue weighted by Gasteiger charge is -2.24. The Kier molecular flexibility index (Phi) is 2.75. The largest absolute Gasteiger partial charge is 0.309 e. The molecule has 0 fully saturated rings. The molecule has 1 aromatic carbocycles. The van der Waals surface area contributed by atoms with Gasteiger partial charge in [-0.1, -0.05) is 26.0 Å². The van der Waals surface area contributed by atoms with E-state index in [9.17, 15) is 4.79 Å². The van der Waals surface area contributed by atoms with E-state index in [1.165, 1.54) is 0 Å². The van der Waals surface area contributed by atoms with Crippen molar-refractivity contribution in [2.75, 3.05) is 5.32 Å². The summed E-state index contributed by atoms with van der Waals surface area (Å²) in [5, 5.41) is 18.0. The number of aromatic amines is 1. The molecule has 112 valence electrons. The Morgan fingerprint density at radius 3 is 3.00 bits per heavy atom. The van der Waals surface area contributed by atoms with Crippen molar-refractivity contribution in [1.29, 1.82) is 0 Å². The molecule has 0 bridgehead atoms. The van der Waals surface area contributed by atoms with Crippen LogP contribution < -0.4 is 5.32 Å². The fourth-order valence-electron chi connectivity index (χ4n) is 3.10. The quantitative estimate of drug-likeness (QED) is 0.757. The summed E-state index contributed by atoms with van der Waals surface area (Å²) >= 11 is 0. The van der Waals surface area contributed by atoms with Gasteiger partial charge in [0.25, 0.3) is 0 Å². The van der Waals surface area contributed by atoms with E-state index in [4.69, 9.17) is 4.63 Å². The Balaban J connectivity index is 1.95. The van der Waals surface area contributed by atoms with E-state index in [1.807, 2.05) is 18.2 Å². The maximum atomic E-state index is 12.0. The van der Waals surface area contributed by atoms with E-state index < -0.39 is 0 Å². The number of carbonyl (C=O) groups is 1. The van der Waals surface area contributed by atoms with Gasteiger partial charge in [-0.2, -0.15) is 5.10 Å². The number of aromatic nitrogens is 4. The molecule has 2 N–H and O–H groups in total. The van der Waals surface area contributed by atoms with E-state index in [0.717, 1.165) is 16.8 Å². The van der Waals surface area contributed by atoms with Crippen LogP contribution in [-0.2, 0) is 4.79 Å². The van der Waals surface area contributed by atoms with Crippen molar-refractivity contribution in [1.82, 2.24) is 20.5 Å².